The van der Waals surface area contributed by atoms with Gasteiger partial charge in [0.15, 0.2) is 12.2 Å². The van der Waals surface area contributed by atoms with E-state index in [0.29, 0.717) is 24.3 Å². The van der Waals surface area contributed by atoms with Crippen LogP contribution < -0.4 is 15.8 Å². The van der Waals surface area contributed by atoms with Gasteiger partial charge in [0.05, 0.1) is 5.52 Å². The van der Waals surface area contributed by atoms with Crippen LogP contribution in [0.4, 0.5) is 4.39 Å². The summed E-state index contributed by atoms with van der Waals surface area (Å²) in [6.45, 7) is 0.284. The zero-order valence-electron chi connectivity index (χ0n) is 13.6. The van der Waals surface area contributed by atoms with Crippen molar-refractivity contribution >= 4 is 17.0 Å². The molecular weight excluding hydrogens is 327 g/mol. The highest BCUT2D eigenvalue weighted by Crippen LogP contribution is 2.14. The SMILES string of the molecule is Cn1c(=O)oc2cc(CCNC(=O)COc3ccc(F)cc3)ccc21. The molecule has 0 bridgehead atoms. The Bertz CT molecular complexity index is 944. The standard InChI is InChI=1S/C18H17FN2O4/c1-21-15-7-2-12(10-16(15)25-18(21)23)8-9-20-17(22)11-24-14-5-3-13(19)4-6-14/h2-7,10H,8-9,11H2,1H3,(H,20,22). The number of aromatic nitrogens is 1. The molecule has 0 fully saturated rings. The van der Waals surface area contributed by atoms with Gasteiger partial charge in [0.2, 0.25) is 0 Å². The van der Waals surface area contributed by atoms with Crippen molar-refractivity contribution in [2.24, 2.45) is 7.05 Å². The Hall–Kier alpha value is -3.09. The summed E-state index contributed by atoms with van der Waals surface area (Å²) in [7, 11) is 1.65. The van der Waals surface area contributed by atoms with Crippen LogP contribution in [-0.4, -0.2) is 23.6 Å². The first kappa shape index (κ1) is 16.8. The monoisotopic (exact) mass is 344 g/mol. The quantitative estimate of drug-likeness (QED) is 0.742. The number of benzene rings is 2. The molecule has 0 unspecified atom stereocenters. The number of nitrogens with one attached hydrogen (secondary N) is 1. The van der Waals surface area contributed by atoms with E-state index < -0.39 is 5.76 Å². The number of aryl methyl sites for hydroxylation is 1. The predicted molar refractivity (Wildman–Crippen MR) is 90.1 cm³/mol. The number of hydrogen-bond acceptors (Lipinski definition) is 4. The van der Waals surface area contributed by atoms with E-state index in [4.69, 9.17) is 9.15 Å². The molecule has 3 rings (SSSR count). The second kappa shape index (κ2) is 7.21. The minimum absolute atomic E-state index is 0.141. The molecule has 1 amide bonds. The van der Waals surface area contributed by atoms with Gasteiger partial charge in [-0.3, -0.25) is 9.36 Å². The molecule has 0 saturated carbocycles. The smallest absolute Gasteiger partial charge is 0.419 e. The first-order valence-electron chi connectivity index (χ1n) is 7.76. The summed E-state index contributed by atoms with van der Waals surface area (Å²) in [4.78, 5) is 23.2. The number of fused-ring (bicyclic) bond motifs is 1. The minimum Gasteiger partial charge on any atom is -0.484 e. The summed E-state index contributed by atoms with van der Waals surface area (Å²) in [5, 5.41) is 2.74. The lowest BCUT2D eigenvalue weighted by Crippen LogP contribution is -2.30. The fourth-order valence-electron chi connectivity index (χ4n) is 2.41. The number of rotatable bonds is 6. The summed E-state index contributed by atoms with van der Waals surface area (Å²) in [5.74, 6) is -0.598. The number of ether oxygens (including phenoxy) is 1. The van der Waals surface area contributed by atoms with Gasteiger partial charge in [-0.05, 0) is 48.4 Å². The van der Waals surface area contributed by atoms with E-state index in [1.165, 1.54) is 28.8 Å². The summed E-state index contributed by atoms with van der Waals surface area (Å²) < 4.78 is 24.6. The van der Waals surface area contributed by atoms with Crippen LogP contribution in [0.1, 0.15) is 5.56 Å². The van der Waals surface area contributed by atoms with E-state index in [1.54, 1.807) is 13.1 Å². The van der Waals surface area contributed by atoms with Crippen molar-refractivity contribution in [3.8, 4) is 5.75 Å². The molecule has 25 heavy (non-hydrogen) atoms. The molecule has 130 valence electrons. The maximum absolute atomic E-state index is 12.8. The number of hydrogen-bond donors (Lipinski definition) is 1. The largest absolute Gasteiger partial charge is 0.484 e. The van der Waals surface area contributed by atoms with Gasteiger partial charge in [-0.2, -0.15) is 0 Å². The van der Waals surface area contributed by atoms with Crippen LogP contribution in [0, 0.1) is 5.82 Å². The summed E-state index contributed by atoms with van der Waals surface area (Å²) in [6.07, 6.45) is 0.594. The Morgan fingerprint density at radius 2 is 2.00 bits per heavy atom. The number of carbonyl (C=O) groups is 1. The average Bonchev–Trinajstić information content (AvgIpc) is 2.88. The van der Waals surface area contributed by atoms with Gasteiger partial charge in [0.25, 0.3) is 5.91 Å². The van der Waals surface area contributed by atoms with Crippen molar-refractivity contribution in [3.05, 3.63) is 64.4 Å². The molecule has 0 spiro atoms. The topological polar surface area (TPSA) is 73.5 Å². The van der Waals surface area contributed by atoms with Gasteiger partial charge >= 0.3 is 5.76 Å². The predicted octanol–water partition coefficient (Wildman–Crippen LogP) is 2.01. The number of nitrogens with zero attached hydrogens (tertiary/aromatic N) is 1. The Kier molecular flexibility index (Phi) is 4.83. The molecule has 1 heterocycles. The van der Waals surface area contributed by atoms with Crippen LogP contribution in [0.25, 0.3) is 11.1 Å². The fourth-order valence-corrected chi connectivity index (χ4v) is 2.41. The van der Waals surface area contributed by atoms with E-state index in [-0.39, 0.29) is 18.3 Å². The van der Waals surface area contributed by atoms with Crippen molar-refractivity contribution in [2.45, 2.75) is 6.42 Å². The third-order valence-electron chi connectivity index (χ3n) is 3.78. The molecule has 0 aliphatic rings. The van der Waals surface area contributed by atoms with Crippen molar-refractivity contribution in [1.82, 2.24) is 9.88 Å². The van der Waals surface area contributed by atoms with E-state index >= 15 is 0 Å². The molecule has 6 nitrogen and oxygen atoms in total. The second-order valence-corrected chi connectivity index (χ2v) is 5.57. The maximum Gasteiger partial charge on any atom is 0.419 e. The molecule has 0 saturated heterocycles. The summed E-state index contributed by atoms with van der Waals surface area (Å²) >= 11 is 0. The third kappa shape index (κ3) is 4.06. The molecular formula is C18H17FN2O4. The highest BCUT2D eigenvalue weighted by atomic mass is 19.1. The highest BCUT2D eigenvalue weighted by molar-refractivity contribution is 5.77. The first-order chi connectivity index (χ1) is 12.0. The maximum atomic E-state index is 12.8. The Balaban J connectivity index is 1.48. The zero-order chi connectivity index (χ0) is 17.8. The number of carbonyl (C=O) groups excluding carboxylic acids is 1. The average molecular weight is 344 g/mol. The third-order valence-corrected chi connectivity index (χ3v) is 3.78. The van der Waals surface area contributed by atoms with Gasteiger partial charge in [0.1, 0.15) is 11.6 Å². The highest BCUT2D eigenvalue weighted by Gasteiger charge is 2.07. The van der Waals surface area contributed by atoms with Gasteiger partial charge in [0, 0.05) is 13.6 Å². The van der Waals surface area contributed by atoms with Crippen molar-refractivity contribution in [2.75, 3.05) is 13.2 Å². The van der Waals surface area contributed by atoms with Crippen LogP contribution in [0.15, 0.2) is 51.7 Å². The van der Waals surface area contributed by atoms with E-state index in [9.17, 15) is 14.0 Å². The Labute approximate surface area is 142 Å². The van der Waals surface area contributed by atoms with E-state index in [0.717, 1.165) is 11.1 Å². The lowest BCUT2D eigenvalue weighted by atomic mass is 10.1. The second-order valence-electron chi connectivity index (χ2n) is 5.57. The lowest BCUT2D eigenvalue weighted by molar-refractivity contribution is -0.123. The first-order valence-corrected chi connectivity index (χ1v) is 7.76. The number of oxazole rings is 1. The van der Waals surface area contributed by atoms with Crippen molar-refractivity contribution < 1.29 is 18.3 Å². The van der Waals surface area contributed by atoms with Crippen LogP contribution in [0.5, 0.6) is 5.75 Å². The van der Waals surface area contributed by atoms with Crippen LogP contribution >= 0.6 is 0 Å². The molecule has 3 aromatic rings. The lowest BCUT2D eigenvalue weighted by Gasteiger charge is -2.07. The van der Waals surface area contributed by atoms with Crippen LogP contribution in [0.2, 0.25) is 0 Å². The molecule has 7 heteroatoms. The van der Waals surface area contributed by atoms with Gasteiger partial charge in [-0.1, -0.05) is 6.07 Å². The van der Waals surface area contributed by atoms with E-state index in [2.05, 4.69) is 5.32 Å². The molecule has 0 aliphatic heterocycles. The molecule has 1 N–H and O–H groups in total. The Morgan fingerprint density at radius 1 is 1.24 bits per heavy atom. The van der Waals surface area contributed by atoms with Gasteiger partial charge in [-0.15, -0.1) is 0 Å². The van der Waals surface area contributed by atoms with Crippen molar-refractivity contribution in [3.63, 3.8) is 0 Å². The van der Waals surface area contributed by atoms with Crippen LogP contribution in [-0.2, 0) is 18.3 Å². The van der Waals surface area contributed by atoms with Gasteiger partial charge < -0.3 is 14.5 Å². The Morgan fingerprint density at radius 3 is 2.76 bits per heavy atom. The molecule has 2 aromatic carbocycles. The fraction of sp³-hybridized carbons (Fsp3) is 0.222. The van der Waals surface area contributed by atoms with Crippen LogP contribution in [0.3, 0.4) is 0 Å². The molecule has 0 radical (unpaired) electrons. The zero-order valence-corrected chi connectivity index (χ0v) is 13.6. The molecule has 0 aliphatic carbocycles. The van der Waals surface area contributed by atoms with Crippen molar-refractivity contribution in [1.29, 1.82) is 0 Å². The normalized spacial score (nSPS) is 10.8. The van der Waals surface area contributed by atoms with Gasteiger partial charge in [-0.25, -0.2) is 9.18 Å². The summed E-state index contributed by atoms with van der Waals surface area (Å²) in [5.41, 5.74) is 2.20. The molecule has 1 aromatic heterocycles. The molecule has 0 atom stereocenters. The number of halogens is 1. The minimum atomic E-state index is -0.404. The van der Waals surface area contributed by atoms with E-state index in [1.807, 2.05) is 12.1 Å². The summed E-state index contributed by atoms with van der Waals surface area (Å²) in [6, 6.07) is 11.0. The number of amides is 1.